The van der Waals surface area contributed by atoms with Gasteiger partial charge in [0.2, 0.25) is 5.95 Å². The summed E-state index contributed by atoms with van der Waals surface area (Å²) in [5.74, 6) is 0.137. The van der Waals surface area contributed by atoms with E-state index >= 15 is 0 Å². The van der Waals surface area contributed by atoms with Crippen molar-refractivity contribution < 1.29 is 4.74 Å². The van der Waals surface area contributed by atoms with Crippen LogP contribution in [0.1, 0.15) is 19.4 Å². The molecule has 0 aliphatic carbocycles. The maximum absolute atomic E-state index is 13.3. The number of aryl methyl sites for hydroxylation is 2. The molecular weight excluding hydrogens is 416 g/mol. The molecule has 33 heavy (non-hydrogen) atoms. The molecule has 170 valence electrons. The second kappa shape index (κ2) is 8.71. The SMILES string of the molecule is CC1CN(c2c(-c3ccccc3)nc(N)n3c(=O)n(CCc4ccccc4)nc23)CC(C)O1. The molecule has 3 heterocycles. The minimum absolute atomic E-state index is 0.0434. The lowest BCUT2D eigenvalue weighted by Gasteiger charge is -2.37. The quantitative estimate of drug-likeness (QED) is 0.509. The fourth-order valence-electron chi connectivity index (χ4n) is 4.57. The van der Waals surface area contributed by atoms with Crippen LogP contribution in [0.25, 0.3) is 16.9 Å². The van der Waals surface area contributed by atoms with Crippen molar-refractivity contribution >= 4 is 17.3 Å². The highest BCUT2D eigenvalue weighted by Crippen LogP contribution is 2.34. The molecule has 1 fully saturated rings. The monoisotopic (exact) mass is 444 g/mol. The number of ether oxygens (including phenoxy) is 1. The largest absolute Gasteiger partial charge is 0.372 e. The molecule has 1 saturated heterocycles. The van der Waals surface area contributed by atoms with Crippen molar-refractivity contribution in [3.05, 3.63) is 76.7 Å². The lowest BCUT2D eigenvalue weighted by molar-refractivity contribution is -0.00513. The summed E-state index contributed by atoms with van der Waals surface area (Å²) in [5.41, 5.74) is 10.2. The molecule has 8 nitrogen and oxygen atoms in total. The zero-order valence-electron chi connectivity index (χ0n) is 18.9. The summed E-state index contributed by atoms with van der Waals surface area (Å²) in [5, 5.41) is 4.76. The number of anilines is 2. The average molecular weight is 445 g/mol. The van der Waals surface area contributed by atoms with Crippen molar-refractivity contribution in [2.24, 2.45) is 0 Å². The number of benzene rings is 2. The zero-order valence-corrected chi connectivity index (χ0v) is 18.9. The number of rotatable bonds is 5. The predicted molar refractivity (Wildman–Crippen MR) is 129 cm³/mol. The predicted octanol–water partition coefficient (Wildman–Crippen LogP) is 3.00. The van der Waals surface area contributed by atoms with Crippen molar-refractivity contribution in [1.29, 1.82) is 0 Å². The maximum Gasteiger partial charge on any atom is 0.353 e. The minimum atomic E-state index is -0.277. The summed E-state index contributed by atoms with van der Waals surface area (Å²) < 4.78 is 8.87. The number of nitrogens with two attached hydrogens (primary N) is 1. The molecule has 0 spiro atoms. The first-order chi connectivity index (χ1) is 16.0. The van der Waals surface area contributed by atoms with Gasteiger partial charge in [-0.25, -0.2) is 18.9 Å². The first-order valence-corrected chi connectivity index (χ1v) is 11.3. The first-order valence-electron chi connectivity index (χ1n) is 11.3. The van der Waals surface area contributed by atoms with Gasteiger partial charge in [-0.2, -0.15) is 0 Å². The molecule has 5 rings (SSSR count). The van der Waals surface area contributed by atoms with Crippen LogP contribution in [0.4, 0.5) is 11.6 Å². The van der Waals surface area contributed by atoms with Crippen LogP contribution in [0.3, 0.4) is 0 Å². The highest BCUT2D eigenvalue weighted by molar-refractivity contribution is 5.86. The van der Waals surface area contributed by atoms with Gasteiger partial charge in [-0.15, -0.1) is 5.10 Å². The molecule has 0 saturated carbocycles. The molecule has 2 aromatic heterocycles. The highest BCUT2D eigenvalue weighted by atomic mass is 16.5. The van der Waals surface area contributed by atoms with Crippen LogP contribution >= 0.6 is 0 Å². The van der Waals surface area contributed by atoms with Crippen LogP contribution in [0.2, 0.25) is 0 Å². The van der Waals surface area contributed by atoms with E-state index < -0.39 is 0 Å². The average Bonchev–Trinajstić information content (AvgIpc) is 3.14. The van der Waals surface area contributed by atoms with Crippen LogP contribution in [-0.2, 0) is 17.7 Å². The summed E-state index contributed by atoms with van der Waals surface area (Å²) in [6.07, 6.45) is 0.786. The fraction of sp³-hybridized carbons (Fsp3) is 0.320. The second-order valence-corrected chi connectivity index (χ2v) is 8.60. The Morgan fingerprint density at radius 3 is 2.30 bits per heavy atom. The number of nitrogens with zero attached hydrogens (tertiary/aromatic N) is 5. The van der Waals surface area contributed by atoms with Gasteiger partial charge in [0.1, 0.15) is 11.4 Å². The molecule has 1 aliphatic rings. The molecule has 0 radical (unpaired) electrons. The number of hydrogen-bond donors (Lipinski definition) is 1. The van der Waals surface area contributed by atoms with Gasteiger partial charge in [0.05, 0.1) is 18.8 Å². The lowest BCUT2D eigenvalue weighted by atomic mass is 10.1. The van der Waals surface area contributed by atoms with E-state index in [0.717, 1.165) is 22.5 Å². The van der Waals surface area contributed by atoms with E-state index in [0.29, 0.717) is 31.7 Å². The van der Waals surface area contributed by atoms with E-state index in [1.807, 2.05) is 60.7 Å². The Morgan fingerprint density at radius 2 is 1.64 bits per heavy atom. The summed E-state index contributed by atoms with van der Waals surface area (Å²) in [7, 11) is 0. The number of hydrogen-bond acceptors (Lipinski definition) is 6. The van der Waals surface area contributed by atoms with Gasteiger partial charge in [-0.05, 0) is 25.8 Å². The topological polar surface area (TPSA) is 90.7 Å². The third-order valence-electron chi connectivity index (χ3n) is 5.97. The minimum Gasteiger partial charge on any atom is -0.372 e. The van der Waals surface area contributed by atoms with Crippen LogP contribution < -0.4 is 16.3 Å². The van der Waals surface area contributed by atoms with Gasteiger partial charge < -0.3 is 15.4 Å². The van der Waals surface area contributed by atoms with E-state index in [1.165, 1.54) is 9.08 Å². The van der Waals surface area contributed by atoms with E-state index in [4.69, 9.17) is 20.6 Å². The Hall–Kier alpha value is -3.65. The van der Waals surface area contributed by atoms with Gasteiger partial charge in [-0.3, -0.25) is 0 Å². The molecule has 0 amide bonds. The number of morpholine rings is 1. The first kappa shape index (κ1) is 21.2. The van der Waals surface area contributed by atoms with Crippen LogP contribution in [0.5, 0.6) is 0 Å². The Balaban J connectivity index is 1.66. The van der Waals surface area contributed by atoms with E-state index in [9.17, 15) is 4.79 Å². The van der Waals surface area contributed by atoms with E-state index in [2.05, 4.69) is 18.7 Å². The van der Waals surface area contributed by atoms with Crippen molar-refractivity contribution in [1.82, 2.24) is 19.2 Å². The number of aromatic nitrogens is 4. The van der Waals surface area contributed by atoms with Gasteiger partial charge in [0, 0.05) is 18.7 Å². The molecule has 2 N–H and O–H groups in total. The van der Waals surface area contributed by atoms with Gasteiger partial charge in [0.25, 0.3) is 0 Å². The van der Waals surface area contributed by atoms with Gasteiger partial charge >= 0.3 is 5.69 Å². The number of nitrogen functional groups attached to an aromatic ring is 1. The van der Waals surface area contributed by atoms with E-state index in [1.54, 1.807) is 0 Å². The van der Waals surface area contributed by atoms with Crippen LogP contribution in [-0.4, -0.2) is 44.5 Å². The standard InChI is InChI=1S/C25H28N6O2/c1-17-15-29(16-18(2)33-17)22-21(20-11-7-4-8-12-20)27-24(26)31-23(22)28-30(25(31)32)14-13-19-9-5-3-6-10-19/h3-12,17-18H,13-16H2,1-2H3,(H2,26,27). The third-order valence-corrected chi connectivity index (χ3v) is 5.97. The van der Waals surface area contributed by atoms with Crippen molar-refractivity contribution in [3.8, 4) is 11.3 Å². The molecule has 2 aromatic carbocycles. The molecule has 0 bridgehead atoms. The summed E-state index contributed by atoms with van der Waals surface area (Å²) in [6, 6.07) is 20.0. The molecule has 8 heteroatoms. The van der Waals surface area contributed by atoms with Gasteiger partial charge in [-0.1, -0.05) is 60.7 Å². The fourth-order valence-corrected chi connectivity index (χ4v) is 4.57. The molecular formula is C25H28N6O2. The van der Waals surface area contributed by atoms with Crippen LogP contribution in [0, 0.1) is 0 Å². The Kier molecular flexibility index (Phi) is 5.60. The Labute approximate surface area is 192 Å². The Bertz CT molecular complexity index is 1310. The third kappa shape index (κ3) is 4.09. The molecule has 2 unspecified atom stereocenters. The number of fused-ring (bicyclic) bond motifs is 1. The smallest absolute Gasteiger partial charge is 0.353 e. The zero-order chi connectivity index (χ0) is 22.9. The molecule has 1 aliphatic heterocycles. The summed E-state index contributed by atoms with van der Waals surface area (Å²) in [4.78, 5) is 20.2. The van der Waals surface area contributed by atoms with E-state index in [-0.39, 0.29) is 23.8 Å². The van der Waals surface area contributed by atoms with Crippen molar-refractivity contribution in [2.45, 2.75) is 39.0 Å². The van der Waals surface area contributed by atoms with Gasteiger partial charge in [0.15, 0.2) is 5.65 Å². The maximum atomic E-state index is 13.3. The molecule has 4 aromatic rings. The molecule has 2 atom stereocenters. The normalized spacial score (nSPS) is 18.7. The highest BCUT2D eigenvalue weighted by Gasteiger charge is 2.29. The van der Waals surface area contributed by atoms with Crippen LogP contribution in [0.15, 0.2) is 65.5 Å². The summed E-state index contributed by atoms with van der Waals surface area (Å²) >= 11 is 0. The van der Waals surface area contributed by atoms with Crippen molar-refractivity contribution in [3.63, 3.8) is 0 Å². The Morgan fingerprint density at radius 1 is 1.00 bits per heavy atom. The second-order valence-electron chi connectivity index (χ2n) is 8.60. The summed E-state index contributed by atoms with van der Waals surface area (Å²) in [6.45, 7) is 5.92. The lowest BCUT2D eigenvalue weighted by Crippen LogP contribution is -2.46. The van der Waals surface area contributed by atoms with Crippen molar-refractivity contribution in [2.75, 3.05) is 23.7 Å².